The normalized spacial score (nSPS) is 12.1. The third-order valence-electron chi connectivity index (χ3n) is 4.02. The van der Waals surface area contributed by atoms with Gasteiger partial charge in [0.05, 0.1) is 0 Å². The molecule has 24 heavy (non-hydrogen) atoms. The molecule has 0 saturated heterocycles. The highest BCUT2D eigenvalue weighted by atomic mass is 32.2. The van der Waals surface area contributed by atoms with E-state index in [1.807, 2.05) is 6.07 Å². The van der Waals surface area contributed by atoms with E-state index >= 15 is 0 Å². The fraction of sp³-hybridized carbons (Fsp3) is 0.500. The van der Waals surface area contributed by atoms with Crippen molar-refractivity contribution in [3.8, 4) is 0 Å². The number of nitrogens with one attached hydrogen (secondary N) is 1. The summed E-state index contributed by atoms with van der Waals surface area (Å²) in [5, 5.41) is 11.8. The fourth-order valence-electron chi connectivity index (χ4n) is 2.41. The molecule has 4 nitrogen and oxygen atoms in total. The summed E-state index contributed by atoms with van der Waals surface area (Å²) in [5.41, 5.74) is 2.58. The van der Waals surface area contributed by atoms with E-state index in [1.54, 1.807) is 11.8 Å². The zero-order valence-electron chi connectivity index (χ0n) is 14.5. The molecule has 0 spiro atoms. The van der Waals surface area contributed by atoms with E-state index in [0.29, 0.717) is 5.13 Å². The number of hydrogen-bond acceptors (Lipinski definition) is 5. The van der Waals surface area contributed by atoms with Gasteiger partial charge in [-0.1, -0.05) is 74.1 Å². The zero-order valence-corrected chi connectivity index (χ0v) is 16.2. The van der Waals surface area contributed by atoms with Crippen LogP contribution in [0.5, 0.6) is 0 Å². The fourth-order valence-corrected chi connectivity index (χ4v) is 4.24. The average molecular weight is 364 g/mol. The van der Waals surface area contributed by atoms with Crippen LogP contribution in [0.25, 0.3) is 0 Å². The lowest BCUT2D eigenvalue weighted by molar-refractivity contribution is -0.120. The van der Waals surface area contributed by atoms with Gasteiger partial charge in [-0.2, -0.15) is 0 Å². The Morgan fingerprint density at radius 1 is 1.29 bits per heavy atom. The molecule has 1 N–H and O–H groups in total. The van der Waals surface area contributed by atoms with E-state index in [4.69, 9.17) is 0 Å². The van der Waals surface area contributed by atoms with Gasteiger partial charge in [-0.25, -0.2) is 0 Å². The molecule has 1 aromatic heterocycles. The number of aryl methyl sites for hydroxylation is 1. The summed E-state index contributed by atoms with van der Waals surface area (Å²) >= 11 is 3.10. The Labute approximate surface area is 152 Å². The molecule has 0 bridgehead atoms. The molecule has 0 aliphatic rings. The van der Waals surface area contributed by atoms with Crippen LogP contribution in [0.2, 0.25) is 0 Å². The molecule has 2 rings (SSSR count). The molecule has 0 aliphatic heterocycles. The first-order valence-electron chi connectivity index (χ1n) is 8.45. The van der Waals surface area contributed by atoms with Gasteiger partial charge in [0.2, 0.25) is 11.0 Å². The lowest BCUT2D eigenvalue weighted by Crippen LogP contribution is -2.22. The second kappa shape index (κ2) is 9.79. The number of anilines is 1. The highest BCUT2D eigenvalue weighted by Crippen LogP contribution is 2.29. The maximum Gasteiger partial charge on any atom is 0.229 e. The number of thioether (sulfide) groups is 1. The molecule has 1 atom stereocenters. The van der Waals surface area contributed by atoms with Gasteiger partial charge in [-0.05, 0) is 30.9 Å². The van der Waals surface area contributed by atoms with E-state index in [0.717, 1.165) is 35.8 Å². The largest absolute Gasteiger partial charge is 0.300 e. The summed E-state index contributed by atoms with van der Waals surface area (Å²) < 4.78 is 0.884. The molecule has 1 aromatic carbocycles. The second-order valence-corrected chi connectivity index (χ2v) is 8.02. The summed E-state index contributed by atoms with van der Waals surface area (Å²) in [4.78, 5) is 12.3. The van der Waals surface area contributed by atoms with Crippen LogP contribution in [0.15, 0.2) is 28.6 Å². The first kappa shape index (κ1) is 18.9. The van der Waals surface area contributed by atoms with Crippen LogP contribution in [-0.4, -0.2) is 16.1 Å². The third-order valence-corrected chi connectivity index (χ3v) is 6.04. The predicted octanol–water partition coefficient (Wildman–Crippen LogP) is 5.29. The van der Waals surface area contributed by atoms with Gasteiger partial charge in [-0.3, -0.25) is 4.79 Å². The quantitative estimate of drug-likeness (QED) is 0.485. The maximum atomic E-state index is 12.3. The van der Waals surface area contributed by atoms with Gasteiger partial charge in [0.1, 0.15) is 0 Å². The highest BCUT2D eigenvalue weighted by molar-refractivity contribution is 8.00. The van der Waals surface area contributed by atoms with E-state index in [1.165, 1.54) is 22.5 Å². The predicted molar refractivity (Wildman–Crippen MR) is 103 cm³/mol. The molecule has 0 aliphatic carbocycles. The van der Waals surface area contributed by atoms with Gasteiger partial charge in [0.25, 0.3) is 0 Å². The average Bonchev–Trinajstić information content (AvgIpc) is 3.02. The van der Waals surface area contributed by atoms with Crippen LogP contribution >= 0.6 is 23.1 Å². The highest BCUT2D eigenvalue weighted by Gasteiger charge is 2.17. The Bertz CT molecular complexity index is 657. The van der Waals surface area contributed by atoms with Crippen LogP contribution < -0.4 is 5.32 Å². The standard InChI is InChI=1S/C18H25N3OS2/c1-4-6-10-14(5-2)16(22)19-17-20-21-18(24-17)23-12-15-11-8-7-9-13(15)3/h7-9,11,14H,4-6,10,12H2,1-3H3,(H,19,20,22)/t14-/m0/s1. The molecule has 0 saturated carbocycles. The van der Waals surface area contributed by atoms with Gasteiger partial charge >= 0.3 is 0 Å². The Hall–Kier alpha value is -1.40. The van der Waals surface area contributed by atoms with Crippen LogP contribution in [0.3, 0.4) is 0 Å². The maximum absolute atomic E-state index is 12.3. The molecule has 1 heterocycles. The lowest BCUT2D eigenvalue weighted by Gasteiger charge is -2.12. The molecule has 0 radical (unpaired) electrons. The number of carbonyl (C=O) groups is 1. The number of unbranched alkanes of at least 4 members (excludes halogenated alkanes) is 1. The number of aromatic nitrogens is 2. The second-order valence-electron chi connectivity index (χ2n) is 5.82. The summed E-state index contributed by atoms with van der Waals surface area (Å²) in [6, 6.07) is 8.34. The zero-order chi connectivity index (χ0) is 17.4. The van der Waals surface area contributed by atoms with Crippen molar-refractivity contribution in [2.45, 2.75) is 56.5 Å². The first-order chi connectivity index (χ1) is 11.6. The van der Waals surface area contributed by atoms with Crippen molar-refractivity contribution >= 4 is 34.1 Å². The minimum absolute atomic E-state index is 0.0666. The molecule has 0 fully saturated rings. The van der Waals surface area contributed by atoms with Gasteiger partial charge in [-0.15, -0.1) is 10.2 Å². The molecule has 1 amide bonds. The van der Waals surface area contributed by atoms with Crippen molar-refractivity contribution in [1.29, 1.82) is 0 Å². The summed E-state index contributed by atoms with van der Waals surface area (Å²) in [6.07, 6.45) is 3.99. The molecule has 6 heteroatoms. The number of amides is 1. The third kappa shape index (κ3) is 5.60. The molecular weight excluding hydrogens is 338 g/mol. The number of rotatable bonds is 9. The van der Waals surface area contributed by atoms with E-state index in [9.17, 15) is 4.79 Å². The topological polar surface area (TPSA) is 54.9 Å². The van der Waals surface area contributed by atoms with Crippen LogP contribution in [0.1, 0.15) is 50.7 Å². The minimum atomic E-state index is 0.0666. The lowest BCUT2D eigenvalue weighted by atomic mass is 9.99. The number of benzene rings is 1. The minimum Gasteiger partial charge on any atom is -0.300 e. The number of carbonyl (C=O) groups excluding carboxylic acids is 1. The van der Waals surface area contributed by atoms with Gasteiger partial charge in [0, 0.05) is 11.7 Å². The molecule has 2 aromatic rings. The molecule has 130 valence electrons. The Morgan fingerprint density at radius 3 is 2.79 bits per heavy atom. The summed E-state index contributed by atoms with van der Waals surface area (Å²) in [7, 11) is 0. The van der Waals surface area contributed by atoms with Crippen LogP contribution in [0.4, 0.5) is 5.13 Å². The van der Waals surface area contributed by atoms with E-state index in [-0.39, 0.29) is 11.8 Å². The van der Waals surface area contributed by atoms with E-state index < -0.39 is 0 Å². The van der Waals surface area contributed by atoms with Crippen molar-refractivity contribution in [2.75, 3.05) is 5.32 Å². The van der Waals surface area contributed by atoms with Gasteiger partial charge in [0.15, 0.2) is 4.34 Å². The van der Waals surface area contributed by atoms with E-state index in [2.05, 4.69) is 54.5 Å². The number of nitrogens with zero attached hydrogens (tertiary/aromatic N) is 2. The van der Waals surface area contributed by atoms with Crippen molar-refractivity contribution in [2.24, 2.45) is 5.92 Å². The van der Waals surface area contributed by atoms with Crippen LogP contribution in [0, 0.1) is 12.8 Å². The Morgan fingerprint density at radius 2 is 2.08 bits per heavy atom. The summed E-state index contributed by atoms with van der Waals surface area (Å²) in [5.74, 6) is 0.998. The monoisotopic (exact) mass is 363 g/mol. The van der Waals surface area contributed by atoms with Gasteiger partial charge < -0.3 is 5.32 Å². The molecule has 0 unspecified atom stereocenters. The van der Waals surface area contributed by atoms with Crippen molar-refractivity contribution < 1.29 is 4.79 Å². The van der Waals surface area contributed by atoms with Crippen molar-refractivity contribution in [3.05, 3.63) is 35.4 Å². The Balaban J connectivity index is 1.88. The summed E-state index contributed by atoms with van der Waals surface area (Å²) in [6.45, 7) is 6.32. The SMILES string of the molecule is CCCC[C@H](CC)C(=O)Nc1nnc(SCc2ccccc2C)s1. The van der Waals surface area contributed by atoms with Crippen LogP contribution in [-0.2, 0) is 10.5 Å². The number of hydrogen-bond donors (Lipinski definition) is 1. The molecular formula is C18H25N3OS2. The van der Waals surface area contributed by atoms with Crippen molar-refractivity contribution in [1.82, 2.24) is 10.2 Å². The Kier molecular flexibility index (Phi) is 7.72. The van der Waals surface area contributed by atoms with Crippen molar-refractivity contribution in [3.63, 3.8) is 0 Å². The smallest absolute Gasteiger partial charge is 0.229 e. The first-order valence-corrected chi connectivity index (χ1v) is 10.3.